The number of anilines is 1. The van der Waals surface area contributed by atoms with E-state index in [1.54, 1.807) is 4.90 Å². The van der Waals surface area contributed by atoms with Crippen LogP contribution in [0.25, 0.3) is 0 Å². The third kappa shape index (κ3) is 5.10. The van der Waals surface area contributed by atoms with Crippen LogP contribution in [0.15, 0.2) is 53.5 Å². The summed E-state index contributed by atoms with van der Waals surface area (Å²) in [6.45, 7) is 4.41. The van der Waals surface area contributed by atoms with Gasteiger partial charge in [0, 0.05) is 22.2 Å². The number of benzene rings is 2. The Kier molecular flexibility index (Phi) is 6.54. The van der Waals surface area contributed by atoms with E-state index in [4.69, 9.17) is 0 Å². The fourth-order valence-corrected chi connectivity index (χ4v) is 4.25. The van der Waals surface area contributed by atoms with Gasteiger partial charge in [0.05, 0.1) is 5.69 Å². The maximum atomic E-state index is 12.7. The van der Waals surface area contributed by atoms with Gasteiger partial charge in [-0.15, -0.1) is 0 Å². The van der Waals surface area contributed by atoms with Crippen LogP contribution in [0.3, 0.4) is 0 Å². The molecular weight excluding hydrogens is 473 g/mol. The molecule has 5 nitrogen and oxygen atoms in total. The van der Waals surface area contributed by atoms with Crippen LogP contribution < -0.4 is 5.32 Å². The van der Waals surface area contributed by atoms with Gasteiger partial charge in [-0.1, -0.05) is 23.9 Å². The number of carbonyl (C=O) groups excluding carboxylic acids is 2. The molecule has 140 valence electrons. The molecule has 1 saturated heterocycles. The molecule has 1 heterocycles. The number of hydrogen-bond donors (Lipinski definition) is 1. The third-order valence-corrected chi connectivity index (χ3v) is 5.99. The van der Waals surface area contributed by atoms with Crippen LogP contribution in [0.4, 0.5) is 11.4 Å². The van der Waals surface area contributed by atoms with E-state index in [2.05, 4.69) is 32.9 Å². The Morgan fingerprint density at radius 2 is 2.04 bits per heavy atom. The standard InChI is InChI=1S/C20H20IN3O2S/c1-3-24-18(25)12-17(19(26)22-16-6-4-5-13(2)11-16)27-20(24)23-15-9-7-14(21)8-10-15/h4-11,17H,3,12H2,1-2H3,(H,22,26). The quantitative estimate of drug-likeness (QED) is 0.635. The van der Waals surface area contributed by atoms with Crippen LogP contribution in [-0.2, 0) is 9.59 Å². The molecule has 0 saturated carbocycles. The number of rotatable bonds is 4. The fourth-order valence-electron chi connectivity index (χ4n) is 2.72. The first kappa shape index (κ1) is 19.9. The zero-order valence-electron chi connectivity index (χ0n) is 15.1. The van der Waals surface area contributed by atoms with E-state index in [1.165, 1.54) is 11.8 Å². The van der Waals surface area contributed by atoms with Crippen molar-refractivity contribution in [2.24, 2.45) is 4.99 Å². The number of aryl methyl sites for hydroxylation is 1. The Morgan fingerprint density at radius 1 is 1.30 bits per heavy atom. The van der Waals surface area contributed by atoms with Crippen molar-refractivity contribution in [1.29, 1.82) is 0 Å². The maximum Gasteiger partial charge on any atom is 0.238 e. The van der Waals surface area contributed by atoms with E-state index < -0.39 is 5.25 Å². The molecule has 0 radical (unpaired) electrons. The summed E-state index contributed by atoms with van der Waals surface area (Å²) in [5.41, 5.74) is 2.57. The van der Waals surface area contributed by atoms with Gasteiger partial charge in [0.2, 0.25) is 11.8 Å². The molecule has 1 aliphatic rings. The van der Waals surface area contributed by atoms with Gasteiger partial charge >= 0.3 is 0 Å². The van der Waals surface area contributed by atoms with Gasteiger partial charge in [-0.3, -0.25) is 14.5 Å². The molecule has 2 amide bonds. The van der Waals surface area contributed by atoms with Gasteiger partial charge in [0.15, 0.2) is 5.17 Å². The Hall–Kier alpha value is -1.87. The molecule has 1 aliphatic heterocycles. The summed E-state index contributed by atoms with van der Waals surface area (Å²) < 4.78 is 1.12. The number of carbonyl (C=O) groups is 2. The Labute approximate surface area is 176 Å². The zero-order chi connectivity index (χ0) is 19.4. The predicted molar refractivity (Wildman–Crippen MR) is 119 cm³/mol. The molecule has 2 aromatic rings. The van der Waals surface area contributed by atoms with Crippen molar-refractivity contribution in [2.75, 3.05) is 11.9 Å². The summed E-state index contributed by atoms with van der Waals surface area (Å²) in [6, 6.07) is 15.4. The van der Waals surface area contributed by atoms with Crippen molar-refractivity contribution >= 4 is 62.7 Å². The summed E-state index contributed by atoms with van der Waals surface area (Å²) in [7, 11) is 0. The summed E-state index contributed by atoms with van der Waals surface area (Å²) in [4.78, 5) is 31.5. The highest BCUT2D eigenvalue weighted by molar-refractivity contribution is 14.1. The average molecular weight is 493 g/mol. The van der Waals surface area contributed by atoms with Gasteiger partial charge < -0.3 is 5.32 Å². The lowest BCUT2D eigenvalue weighted by Gasteiger charge is -2.30. The first-order chi connectivity index (χ1) is 13.0. The van der Waals surface area contributed by atoms with Crippen LogP contribution in [0.5, 0.6) is 0 Å². The SMILES string of the molecule is CCN1C(=O)CC(C(=O)Nc2cccc(C)c2)SC1=Nc1ccc(I)cc1. The van der Waals surface area contributed by atoms with Gasteiger partial charge in [-0.05, 0) is 78.4 Å². The largest absolute Gasteiger partial charge is 0.325 e. The number of nitrogens with one attached hydrogen (secondary N) is 1. The van der Waals surface area contributed by atoms with Crippen LogP contribution in [0.2, 0.25) is 0 Å². The van der Waals surface area contributed by atoms with Crippen LogP contribution in [-0.4, -0.2) is 33.7 Å². The number of thioether (sulfide) groups is 1. The lowest BCUT2D eigenvalue weighted by molar-refractivity contribution is -0.129. The number of nitrogens with zero attached hydrogens (tertiary/aromatic N) is 2. The zero-order valence-corrected chi connectivity index (χ0v) is 18.1. The Bertz CT molecular complexity index is 883. The highest BCUT2D eigenvalue weighted by Gasteiger charge is 2.35. The second-order valence-corrected chi connectivity index (χ2v) is 8.59. The Balaban J connectivity index is 1.80. The topological polar surface area (TPSA) is 61.8 Å². The van der Waals surface area contributed by atoms with Gasteiger partial charge in [0.1, 0.15) is 5.25 Å². The Morgan fingerprint density at radius 3 is 2.70 bits per heavy atom. The average Bonchev–Trinajstić information content (AvgIpc) is 2.63. The van der Waals surface area contributed by atoms with E-state index in [9.17, 15) is 9.59 Å². The molecule has 0 aromatic heterocycles. The smallest absolute Gasteiger partial charge is 0.238 e. The normalized spacial score (nSPS) is 18.6. The summed E-state index contributed by atoms with van der Waals surface area (Å²) in [6.07, 6.45) is 0.169. The molecule has 3 rings (SSSR count). The molecule has 1 fully saturated rings. The molecule has 27 heavy (non-hydrogen) atoms. The molecule has 7 heteroatoms. The lowest BCUT2D eigenvalue weighted by atomic mass is 10.2. The van der Waals surface area contributed by atoms with Crippen LogP contribution >= 0.6 is 34.4 Å². The molecule has 0 aliphatic carbocycles. The van der Waals surface area contributed by atoms with E-state index >= 15 is 0 Å². The van der Waals surface area contributed by atoms with E-state index in [0.29, 0.717) is 11.7 Å². The van der Waals surface area contributed by atoms with Crippen molar-refractivity contribution in [2.45, 2.75) is 25.5 Å². The monoisotopic (exact) mass is 493 g/mol. The number of hydrogen-bond acceptors (Lipinski definition) is 4. The summed E-state index contributed by atoms with van der Waals surface area (Å²) in [5.74, 6) is -0.255. The van der Waals surface area contributed by atoms with Crippen molar-refractivity contribution in [3.8, 4) is 0 Å². The van der Waals surface area contributed by atoms with E-state index in [-0.39, 0.29) is 18.2 Å². The van der Waals surface area contributed by atoms with Crippen molar-refractivity contribution in [3.05, 3.63) is 57.7 Å². The highest BCUT2D eigenvalue weighted by atomic mass is 127. The molecule has 0 bridgehead atoms. The van der Waals surface area contributed by atoms with Crippen LogP contribution in [0, 0.1) is 10.5 Å². The predicted octanol–water partition coefficient (Wildman–Crippen LogP) is 4.58. The minimum Gasteiger partial charge on any atom is -0.325 e. The minimum absolute atomic E-state index is 0.0788. The van der Waals surface area contributed by atoms with Crippen molar-refractivity contribution in [3.63, 3.8) is 0 Å². The molecule has 1 N–H and O–H groups in total. The van der Waals surface area contributed by atoms with Gasteiger partial charge in [0.25, 0.3) is 0 Å². The van der Waals surface area contributed by atoms with Gasteiger partial charge in [-0.25, -0.2) is 4.99 Å². The molecule has 2 aromatic carbocycles. The maximum absolute atomic E-state index is 12.7. The first-order valence-corrected chi connectivity index (χ1v) is 10.6. The van der Waals surface area contributed by atoms with Crippen molar-refractivity contribution in [1.82, 2.24) is 4.90 Å². The number of aliphatic imine (C=N–C) groups is 1. The number of halogens is 1. The second-order valence-electron chi connectivity index (χ2n) is 6.18. The number of amides is 2. The minimum atomic E-state index is -0.497. The molecule has 1 atom stereocenters. The second kappa shape index (κ2) is 8.88. The van der Waals surface area contributed by atoms with E-state index in [0.717, 1.165) is 20.5 Å². The van der Waals surface area contributed by atoms with Crippen LogP contribution in [0.1, 0.15) is 18.9 Å². The third-order valence-electron chi connectivity index (χ3n) is 4.09. The van der Waals surface area contributed by atoms with Crippen molar-refractivity contribution < 1.29 is 9.59 Å². The lowest BCUT2D eigenvalue weighted by Crippen LogP contribution is -2.45. The number of amidine groups is 1. The van der Waals surface area contributed by atoms with Gasteiger partial charge in [-0.2, -0.15) is 0 Å². The summed E-state index contributed by atoms with van der Waals surface area (Å²) in [5, 5.41) is 2.98. The highest BCUT2D eigenvalue weighted by Crippen LogP contribution is 2.30. The molecule has 0 spiro atoms. The molecular formula is C20H20IN3O2S. The summed E-state index contributed by atoms with van der Waals surface area (Å²) >= 11 is 3.58. The first-order valence-electron chi connectivity index (χ1n) is 8.65. The van der Waals surface area contributed by atoms with E-state index in [1.807, 2.05) is 62.4 Å². The molecule has 1 unspecified atom stereocenters. The fraction of sp³-hybridized carbons (Fsp3) is 0.250.